The summed E-state index contributed by atoms with van der Waals surface area (Å²) >= 11 is 0. The molecule has 0 amide bonds. The minimum atomic E-state index is -3.83. The minimum Gasteiger partial charge on any atom is -0.480 e. The van der Waals surface area contributed by atoms with Gasteiger partial charge in [0.15, 0.2) is 0 Å². The fraction of sp³-hybridized carbons (Fsp3) is 0.267. The van der Waals surface area contributed by atoms with E-state index in [1.54, 1.807) is 26.0 Å². The van der Waals surface area contributed by atoms with Crippen LogP contribution in [0.5, 0.6) is 0 Å². The lowest BCUT2D eigenvalue weighted by molar-refractivity contribution is -0.137. The van der Waals surface area contributed by atoms with Crippen LogP contribution in [0.25, 0.3) is 10.8 Å². The van der Waals surface area contributed by atoms with Gasteiger partial charge in [-0.15, -0.1) is 0 Å². The van der Waals surface area contributed by atoms with E-state index in [-0.39, 0.29) is 4.90 Å². The maximum Gasteiger partial charge on any atom is 0.318 e. The third kappa shape index (κ3) is 3.22. The summed E-state index contributed by atoms with van der Waals surface area (Å²) in [6.07, 6.45) is 0. The Morgan fingerprint density at radius 2 is 1.76 bits per heavy atom. The first-order valence-electron chi connectivity index (χ1n) is 6.55. The highest BCUT2D eigenvalue weighted by Crippen LogP contribution is 2.23. The van der Waals surface area contributed by atoms with E-state index in [1.807, 2.05) is 24.3 Å². The van der Waals surface area contributed by atoms with E-state index in [4.69, 9.17) is 5.11 Å². The fourth-order valence-electron chi connectivity index (χ4n) is 2.14. The number of fused-ring (bicyclic) bond motifs is 1. The van der Waals surface area contributed by atoms with Crippen LogP contribution < -0.4 is 0 Å². The maximum atomic E-state index is 12.6. The number of hydrogen-bond donors (Lipinski definition) is 1. The van der Waals surface area contributed by atoms with Gasteiger partial charge in [-0.3, -0.25) is 4.79 Å². The number of aliphatic carboxylic acids is 1. The van der Waals surface area contributed by atoms with Gasteiger partial charge in [-0.2, -0.15) is 4.31 Å². The summed E-state index contributed by atoms with van der Waals surface area (Å²) in [5.41, 5.74) is 0. The van der Waals surface area contributed by atoms with E-state index in [0.717, 1.165) is 15.1 Å². The molecule has 0 saturated carbocycles. The van der Waals surface area contributed by atoms with Crippen molar-refractivity contribution in [2.45, 2.75) is 24.8 Å². The smallest absolute Gasteiger partial charge is 0.318 e. The molecule has 6 heteroatoms. The van der Waals surface area contributed by atoms with Crippen molar-refractivity contribution in [3.8, 4) is 0 Å². The van der Waals surface area contributed by atoms with Crippen LogP contribution in [0.4, 0.5) is 0 Å². The Bertz CT molecular complexity index is 768. The van der Waals surface area contributed by atoms with Gasteiger partial charge in [-0.05, 0) is 36.8 Å². The highest BCUT2D eigenvalue weighted by atomic mass is 32.2. The van der Waals surface area contributed by atoms with Gasteiger partial charge in [0.05, 0.1) is 4.90 Å². The number of nitrogens with zero attached hydrogens (tertiary/aromatic N) is 1. The molecule has 0 bridgehead atoms. The molecule has 0 radical (unpaired) electrons. The molecule has 0 atom stereocenters. The molecule has 2 aromatic carbocycles. The van der Waals surface area contributed by atoms with Crippen molar-refractivity contribution in [3.63, 3.8) is 0 Å². The van der Waals surface area contributed by atoms with Gasteiger partial charge in [0.1, 0.15) is 6.54 Å². The summed E-state index contributed by atoms with van der Waals surface area (Å²) in [7, 11) is -3.83. The Balaban J connectivity index is 2.51. The molecule has 0 saturated heterocycles. The van der Waals surface area contributed by atoms with Gasteiger partial charge in [-0.1, -0.05) is 30.3 Å². The van der Waals surface area contributed by atoms with Gasteiger partial charge >= 0.3 is 5.97 Å². The van der Waals surface area contributed by atoms with E-state index in [1.165, 1.54) is 6.07 Å². The maximum absolute atomic E-state index is 12.6. The molecule has 21 heavy (non-hydrogen) atoms. The molecule has 0 aromatic heterocycles. The molecule has 112 valence electrons. The van der Waals surface area contributed by atoms with Crippen LogP contribution in [0.3, 0.4) is 0 Å². The molecule has 2 aromatic rings. The number of benzene rings is 2. The van der Waals surface area contributed by atoms with Crippen LogP contribution in [-0.2, 0) is 14.8 Å². The Labute approximate surface area is 123 Å². The second kappa shape index (κ2) is 5.83. The fourth-order valence-corrected chi connectivity index (χ4v) is 3.76. The van der Waals surface area contributed by atoms with E-state index < -0.39 is 28.6 Å². The van der Waals surface area contributed by atoms with Gasteiger partial charge in [0.2, 0.25) is 10.0 Å². The van der Waals surface area contributed by atoms with Crippen molar-refractivity contribution in [2.75, 3.05) is 6.54 Å². The van der Waals surface area contributed by atoms with E-state index in [2.05, 4.69) is 0 Å². The number of carboxylic acids is 1. The third-order valence-corrected chi connectivity index (χ3v) is 5.21. The van der Waals surface area contributed by atoms with Gasteiger partial charge < -0.3 is 5.11 Å². The predicted molar refractivity (Wildman–Crippen MR) is 80.6 cm³/mol. The number of hydrogen-bond acceptors (Lipinski definition) is 3. The normalized spacial score (nSPS) is 12.2. The molecule has 0 aliphatic heterocycles. The van der Waals surface area contributed by atoms with Crippen LogP contribution in [-0.4, -0.2) is 36.4 Å². The Hall–Kier alpha value is -1.92. The average molecular weight is 307 g/mol. The van der Waals surface area contributed by atoms with Crippen LogP contribution >= 0.6 is 0 Å². The second-order valence-electron chi connectivity index (χ2n) is 5.05. The molecule has 2 rings (SSSR count). The zero-order valence-electron chi connectivity index (χ0n) is 11.9. The predicted octanol–water partition coefficient (Wildman–Crippen LogP) is 2.32. The molecule has 5 nitrogen and oxygen atoms in total. The molecule has 0 heterocycles. The summed E-state index contributed by atoms with van der Waals surface area (Å²) in [6, 6.07) is 11.8. The quantitative estimate of drug-likeness (QED) is 0.920. The molecular weight excluding hydrogens is 290 g/mol. The average Bonchev–Trinajstić information content (AvgIpc) is 2.43. The summed E-state index contributed by atoms with van der Waals surface area (Å²) in [5.74, 6) is -1.17. The third-order valence-electron chi connectivity index (χ3n) is 3.19. The zero-order chi connectivity index (χ0) is 15.6. The first kappa shape index (κ1) is 15.5. The van der Waals surface area contributed by atoms with Crippen LogP contribution in [0, 0.1) is 0 Å². The number of sulfonamides is 1. The molecule has 0 unspecified atom stereocenters. The van der Waals surface area contributed by atoms with Crippen molar-refractivity contribution in [3.05, 3.63) is 42.5 Å². The van der Waals surface area contributed by atoms with Crippen LogP contribution in [0.1, 0.15) is 13.8 Å². The summed E-state index contributed by atoms with van der Waals surface area (Å²) in [5, 5.41) is 10.6. The van der Waals surface area contributed by atoms with Crippen molar-refractivity contribution in [1.29, 1.82) is 0 Å². The Morgan fingerprint density at radius 3 is 2.33 bits per heavy atom. The highest BCUT2D eigenvalue weighted by Gasteiger charge is 2.29. The summed E-state index contributed by atoms with van der Waals surface area (Å²) < 4.78 is 26.2. The van der Waals surface area contributed by atoms with Gasteiger partial charge in [0.25, 0.3) is 0 Å². The van der Waals surface area contributed by atoms with Gasteiger partial charge in [0, 0.05) is 6.04 Å². The monoisotopic (exact) mass is 307 g/mol. The first-order valence-corrected chi connectivity index (χ1v) is 7.99. The van der Waals surface area contributed by atoms with Crippen LogP contribution in [0.2, 0.25) is 0 Å². The SMILES string of the molecule is CC(C)N(CC(=O)O)S(=O)(=O)c1ccc2ccccc2c1. The molecule has 1 N–H and O–H groups in total. The molecule has 0 spiro atoms. The lowest BCUT2D eigenvalue weighted by atomic mass is 10.1. The summed E-state index contributed by atoms with van der Waals surface area (Å²) in [4.78, 5) is 11.0. The largest absolute Gasteiger partial charge is 0.480 e. The molecular formula is C15H17NO4S. The van der Waals surface area contributed by atoms with Crippen molar-refractivity contribution >= 4 is 26.8 Å². The Kier molecular flexibility index (Phi) is 4.29. The number of carbonyl (C=O) groups is 1. The topological polar surface area (TPSA) is 74.7 Å². The minimum absolute atomic E-state index is 0.108. The molecule has 0 fully saturated rings. The van der Waals surface area contributed by atoms with Crippen molar-refractivity contribution in [1.82, 2.24) is 4.31 Å². The summed E-state index contributed by atoms with van der Waals surface area (Å²) in [6.45, 7) is 2.76. The van der Waals surface area contributed by atoms with E-state index in [9.17, 15) is 13.2 Å². The van der Waals surface area contributed by atoms with Gasteiger partial charge in [-0.25, -0.2) is 8.42 Å². The standard InChI is InChI=1S/C15H17NO4S/c1-11(2)16(10-15(17)18)21(19,20)14-8-7-12-5-3-4-6-13(12)9-14/h3-9,11H,10H2,1-2H3,(H,17,18). The lowest BCUT2D eigenvalue weighted by Crippen LogP contribution is -2.40. The van der Waals surface area contributed by atoms with Crippen molar-refractivity contribution < 1.29 is 18.3 Å². The second-order valence-corrected chi connectivity index (χ2v) is 6.94. The first-order chi connectivity index (χ1) is 9.82. The van der Waals surface area contributed by atoms with E-state index >= 15 is 0 Å². The highest BCUT2D eigenvalue weighted by molar-refractivity contribution is 7.89. The van der Waals surface area contributed by atoms with E-state index in [0.29, 0.717) is 0 Å². The van der Waals surface area contributed by atoms with Crippen LogP contribution in [0.15, 0.2) is 47.4 Å². The Morgan fingerprint density at radius 1 is 1.14 bits per heavy atom. The molecule has 0 aliphatic rings. The lowest BCUT2D eigenvalue weighted by Gasteiger charge is -2.24. The molecule has 0 aliphatic carbocycles. The zero-order valence-corrected chi connectivity index (χ0v) is 12.7. The number of rotatable bonds is 5. The van der Waals surface area contributed by atoms with Crippen molar-refractivity contribution in [2.24, 2.45) is 0 Å². The number of carboxylic acid groups (broad SMARTS) is 1.